The molecule has 0 aromatic rings. The van der Waals surface area contributed by atoms with Crippen LogP contribution < -0.4 is 0 Å². The Kier molecular flexibility index (Phi) is 3.20. The van der Waals surface area contributed by atoms with E-state index in [1.54, 1.807) is 0 Å². The molecule has 1 aliphatic rings. The summed E-state index contributed by atoms with van der Waals surface area (Å²) in [7, 11) is 2.05. The second-order valence-corrected chi connectivity index (χ2v) is 5.25. The van der Waals surface area contributed by atoms with Crippen LogP contribution >= 0.6 is 0 Å². The van der Waals surface area contributed by atoms with Crippen LogP contribution in [0.3, 0.4) is 0 Å². The minimum Gasteiger partial charge on any atom is -0.460 e. The maximum atomic E-state index is 11.7. The van der Waals surface area contributed by atoms with Crippen molar-refractivity contribution in [1.29, 1.82) is 0 Å². The molecule has 0 saturated carbocycles. The molecule has 0 aliphatic carbocycles. The number of rotatable bonds is 1. The quantitative estimate of drug-likeness (QED) is 0.602. The lowest BCUT2D eigenvalue weighted by Crippen LogP contribution is -2.30. The Labute approximate surface area is 86.4 Å². The Morgan fingerprint density at radius 1 is 1.43 bits per heavy atom. The van der Waals surface area contributed by atoms with Crippen molar-refractivity contribution in [3.8, 4) is 0 Å². The average Bonchev–Trinajstić information content (AvgIpc) is 2.28. The molecular formula is C11H21NO2. The van der Waals surface area contributed by atoms with Crippen molar-refractivity contribution < 1.29 is 9.53 Å². The van der Waals surface area contributed by atoms with E-state index in [-0.39, 0.29) is 17.5 Å². The number of hydrogen-bond donors (Lipinski definition) is 0. The third-order valence-electron chi connectivity index (χ3n) is 2.63. The summed E-state index contributed by atoms with van der Waals surface area (Å²) in [5.41, 5.74) is -0.360. The zero-order valence-corrected chi connectivity index (χ0v) is 9.83. The number of carbonyl (C=O) groups is 1. The van der Waals surface area contributed by atoms with Crippen LogP contribution in [-0.4, -0.2) is 36.1 Å². The maximum Gasteiger partial charge on any atom is 0.310 e. The second-order valence-electron chi connectivity index (χ2n) is 5.25. The molecule has 1 saturated heterocycles. The van der Waals surface area contributed by atoms with Gasteiger partial charge in [0.25, 0.3) is 0 Å². The minimum absolute atomic E-state index is 0.0475. The lowest BCUT2D eigenvalue weighted by Gasteiger charge is -2.21. The Bertz CT molecular complexity index is 210. The van der Waals surface area contributed by atoms with E-state index in [1.807, 2.05) is 20.8 Å². The first kappa shape index (κ1) is 11.5. The highest BCUT2D eigenvalue weighted by Crippen LogP contribution is 2.24. The summed E-state index contributed by atoms with van der Waals surface area (Å²) in [5.74, 6) is 0.0166. The van der Waals surface area contributed by atoms with E-state index >= 15 is 0 Å². The Balaban J connectivity index is 2.48. The Hall–Kier alpha value is -0.570. The normalized spacial score (nSPS) is 29.2. The first-order chi connectivity index (χ1) is 6.29. The summed E-state index contributed by atoms with van der Waals surface area (Å²) < 4.78 is 5.35. The van der Waals surface area contributed by atoms with Crippen LogP contribution in [0.4, 0.5) is 0 Å². The van der Waals surface area contributed by atoms with Crippen LogP contribution in [0, 0.1) is 5.92 Å². The highest BCUT2D eigenvalue weighted by Gasteiger charge is 2.34. The summed E-state index contributed by atoms with van der Waals surface area (Å²) in [5, 5.41) is 0. The molecule has 3 heteroatoms. The third kappa shape index (κ3) is 2.98. The van der Waals surface area contributed by atoms with Crippen molar-refractivity contribution in [1.82, 2.24) is 4.90 Å². The van der Waals surface area contributed by atoms with Crippen molar-refractivity contribution in [3.63, 3.8) is 0 Å². The van der Waals surface area contributed by atoms with E-state index in [2.05, 4.69) is 18.9 Å². The van der Waals surface area contributed by atoms with Gasteiger partial charge in [0.05, 0.1) is 5.92 Å². The molecule has 14 heavy (non-hydrogen) atoms. The molecule has 2 unspecified atom stereocenters. The van der Waals surface area contributed by atoms with Crippen molar-refractivity contribution in [2.24, 2.45) is 5.92 Å². The van der Waals surface area contributed by atoms with Gasteiger partial charge in [-0.1, -0.05) is 0 Å². The molecule has 0 spiro atoms. The molecule has 82 valence electrons. The van der Waals surface area contributed by atoms with Gasteiger partial charge in [0.15, 0.2) is 0 Å². The zero-order chi connectivity index (χ0) is 10.9. The molecule has 0 amide bonds. The van der Waals surface area contributed by atoms with Gasteiger partial charge in [0, 0.05) is 12.6 Å². The van der Waals surface area contributed by atoms with Crippen LogP contribution in [0.5, 0.6) is 0 Å². The van der Waals surface area contributed by atoms with Crippen molar-refractivity contribution in [3.05, 3.63) is 0 Å². The van der Waals surface area contributed by atoms with Gasteiger partial charge in [0.2, 0.25) is 0 Å². The van der Waals surface area contributed by atoms with Crippen LogP contribution in [0.1, 0.15) is 34.1 Å². The standard InChI is InChI=1S/C11H21NO2/c1-8-6-9(7-12(8)5)10(13)14-11(2,3)4/h8-9H,6-7H2,1-5H3. The van der Waals surface area contributed by atoms with Gasteiger partial charge < -0.3 is 9.64 Å². The number of nitrogens with zero attached hydrogens (tertiary/aromatic N) is 1. The minimum atomic E-state index is -0.360. The maximum absolute atomic E-state index is 11.7. The van der Waals surface area contributed by atoms with Crippen molar-refractivity contribution in [2.45, 2.75) is 45.8 Å². The highest BCUT2D eigenvalue weighted by molar-refractivity contribution is 5.73. The fraction of sp³-hybridized carbons (Fsp3) is 0.909. The number of ether oxygens (including phenoxy) is 1. The van der Waals surface area contributed by atoms with Gasteiger partial charge in [-0.05, 0) is 41.2 Å². The molecule has 0 bridgehead atoms. The molecule has 2 atom stereocenters. The second kappa shape index (κ2) is 3.89. The molecule has 3 nitrogen and oxygen atoms in total. The topological polar surface area (TPSA) is 29.5 Å². The lowest BCUT2D eigenvalue weighted by molar-refractivity contribution is -0.159. The van der Waals surface area contributed by atoms with E-state index < -0.39 is 0 Å². The van der Waals surface area contributed by atoms with Gasteiger partial charge >= 0.3 is 5.97 Å². The smallest absolute Gasteiger partial charge is 0.310 e. The van der Waals surface area contributed by atoms with E-state index in [0.29, 0.717) is 6.04 Å². The van der Waals surface area contributed by atoms with Crippen LogP contribution in [-0.2, 0) is 9.53 Å². The van der Waals surface area contributed by atoms with Crippen LogP contribution in [0.15, 0.2) is 0 Å². The summed E-state index contributed by atoms with van der Waals surface area (Å²) in [6, 6.07) is 0.493. The van der Waals surface area contributed by atoms with E-state index in [4.69, 9.17) is 4.74 Å². The van der Waals surface area contributed by atoms with Gasteiger partial charge in [-0.2, -0.15) is 0 Å². The summed E-state index contributed by atoms with van der Waals surface area (Å²) >= 11 is 0. The van der Waals surface area contributed by atoms with Gasteiger partial charge in [-0.3, -0.25) is 4.79 Å². The predicted molar refractivity (Wildman–Crippen MR) is 56.0 cm³/mol. The number of carbonyl (C=O) groups excluding carboxylic acids is 1. The zero-order valence-electron chi connectivity index (χ0n) is 9.83. The SMILES string of the molecule is CC1CC(C(=O)OC(C)(C)C)CN1C. The largest absolute Gasteiger partial charge is 0.460 e. The molecule has 0 N–H and O–H groups in total. The Morgan fingerprint density at radius 3 is 2.36 bits per heavy atom. The number of hydrogen-bond acceptors (Lipinski definition) is 3. The lowest BCUT2D eigenvalue weighted by atomic mass is 10.1. The molecule has 0 aromatic carbocycles. The van der Waals surface area contributed by atoms with Gasteiger partial charge in [0.1, 0.15) is 5.60 Å². The molecule has 0 aromatic heterocycles. The fourth-order valence-corrected chi connectivity index (χ4v) is 1.75. The van der Waals surface area contributed by atoms with E-state index in [1.165, 1.54) is 0 Å². The van der Waals surface area contributed by atoms with Crippen LogP contribution in [0.25, 0.3) is 0 Å². The monoisotopic (exact) mass is 199 g/mol. The first-order valence-corrected chi connectivity index (χ1v) is 5.22. The molecule has 1 heterocycles. The van der Waals surface area contributed by atoms with E-state index in [9.17, 15) is 4.79 Å². The fourth-order valence-electron chi connectivity index (χ4n) is 1.75. The molecule has 1 rings (SSSR count). The highest BCUT2D eigenvalue weighted by atomic mass is 16.6. The summed E-state index contributed by atoms with van der Waals surface area (Å²) in [4.78, 5) is 13.9. The van der Waals surface area contributed by atoms with E-state index in [0.717, 1.165) is 13.0 Å². The van der Waals surface area contributed by atoms with Crippen molar-refractivity contribution >= 4 is 5.97 Å². The molecule has 1 aliphatic heterocycles. The summed E-state index contributed by atoms with van der Waals surface area (Å²) in [6.07, 6.45) is 0.922. The average molecular weight is 199 g/mol. The van der Waals surface area contributed by atoms with Crippen LogP contribution in [0.2, 0.25) is 0 Å². The molecule has 1 fully saturated rings. The first-order valence-electron chi connectivity index (χ1n) is 5.22. The van der Waals surface area contributed by atoms with Gasteiger partial charge in [-0.25, -0.2) is 0 Å². The predicted octanol–water partition coefficient (Wildman–Crippen LogP) is 1.67. The van der Waals surface area contributed by atoms with Gasteiger partial charge in [-0.15, -0.1) is 0 Å². The Morgan fingerprint density at radius 2 is 2.00 bits per heavy atom. The molecule has 0 radical (unpaired) electrons. The summed E-state index contributed by atoms with van der Waals surface area (Å²) in [6.45, 7) is 8.70. The number of likely N-dealkylation sites (tertiary alicyclic amines) is 1. The molecular weight excluding hydrogens is 178 g/mol. The number of esters is 1. The third-order valence-corrected chi connectivity index (χ3v) is 2.63. The van der Waals surface area contributed by atoms with Crippen molar-refractivity contribution in [2.75, 3.05) is 13.6 Å².